The molecule has 2 aromatic carbocycles. The second kappa shape index (κ2) is 10.2. The van der Waals surface area contributed by atoms with Gasteiger partial charge in [-0.1, -0.05) is 67.6 Å². The minimum absolute atomic E-state index is 0.00621. The van der Waals surface area contributed by atoms with Crippen molar-refractivity contribution in [3.8, 4) is 11.1 Å². The third kappa shape index (κ3) is 5.47. The third-order valence-corrected chi connectivity index (χ3v) is 6.88. The smallest absolute Gasteiger partial charge is 0.317 e. The normalized spacial score (nSPS) is 14.7. The second-order valence-electron chi connectivity index (χ2n) is 9.56. The average molecular weight is 445 g/mol. The molecule has 174 valence electrons. The van der Waals surface area contributed by atoms with Gasteiger partial charge >= 0.3 is 6.03 Å². The summed E-state index contributed by atoms with van der Waals surface area (Å²) in [5.74, 6) is 0. The minimum atomic E-state index is 0.00621. The lowest BCUT2D eigenvalue weighted by molar-refractivity contribution is 0.175. The fourth-order valence-electron chi connectivity index (χ4n) is 5.13. The van der Waals surface area contributed by atoms with Gasteiger partial charge in [0.05, 0.1) is 5.69 Å². The van der Waals surface area contributed by atoms with Crippen LogP contribution in [0.1, 0.15) is 66.5 Å². The van der Waals surface area contributed by atoms with Crippen LogP contribution in [0.3, 0.4) is 0 Å². The van der Waals surface area contributed by atoms with E-state index in [9.17, 15) is 4.79 Å². The van der Waals surface area contributed by atoms with Gasteiger partial charge in [-0.25, -0.2) is 4.79 Å². The fourth-order valence-corrected chi connectivity index (χ4v) is 5.13. The van der Waals surface area contributed by atoms with Crippen molar-refractivity contribution < 1.29 is 4.79 Å². The van der Waals surface area contributed by atoms with Crippen LogP contribution < -0.4 is 5.32 Å². The SMILES string of the molecule is Cc1cc(C)c(NC(=O)N(Cc2ccc(-c3c[nH]nc3C)cc2)C2CCCCCC2)c(C)c1. The highest BCUT2D eigenvalue weighted by Crippen LogP contribution is 2.28. The van der Waals surface area contributed by atoms with Crippen LogP contribution in [0.25, 0.3) is 11.1 Å². The highest BCUT2D eigenvalue weighted by Gasteiger charge is 2.26. The summed E-state index contributed by atoms with van der Waals surface area (Å²) in [5.41, 5.74) is 8.78. The molecule has 0 bridgehead atoms. The number of hydrogen-bond acceptors (Lipinski definition) is 2. The molecule has 3 aromatic rings. The summed E-state index contributed by atoms with van der Waals surface area (Å²) in [6.07, 6.45) is 8.99. The number of carbonyl (C=O) groups excluding carboxylic acids is 1. The molecule has 2 N–H and O–H groups in total. The summed E-state index contributed by atoms with van der Waals surface area (Å²) in [7, 11) is 0. The number of benzene rings is 2. The molecule has 0 radical (unpaired) electrons. The molecule has 0 spiro atoms. The summed E-state index contributed by atoms with van der Waals surface area (Å²) < 4.78 is 0. The molecule has 1 aliphatic carbocycles. The van der Waals surface area contributed by atoms with Crippen molar-refractivity contribution in [2.24, 2.45) is 0 Å². The van der Waals surface area contributed by atoms with Gasteiger partial charge in [0.15, 0.2) is 0 Å². The van der Waals surface area contributed by atoms with Crippen molar-refractivity contribution in [1.82, 2.24) is 15.1 Å². The molecule has 0 unspecified atom stereocenters. The molecular formula is C28H36N4O. The Hall–Kier alpha value is -3.08. The number of aromatic amines is 1. The number of rotatable bonds is 5. The molecule has 1 saturated carbocycles. The molecule has 0 saturated heterocycles. The van der Waals surface area contributed by atoms with Crippen molar-refractivity contribution in [3.63, 3.8) is 0 Å². The summed E-state index contributed by atoms with van der Waals surface area (Å²) in [6.45, 7) is 8.86. The molecule has 0 aliphatic heterocycles. The molecule has 1 aliphatic rings. The molecule has 5 heteroatoms. The van der Waals surface area contributed by atoms with Crippen molar-refractivity contribution in [3.05, 3.63) is 70.5 Å². The van der Waals surface area contributed by atoms with Crippen molar-refractivity contribution >= 4 is 11.7 Å². The van der Waals surface area contributed by atoms with Gasteiger partial charge in [-0.15, -0.1) is 0 Å². The predicted octanol–water partition coefficient (Wildman–Crippen LogP) is 7.07. The summed E-state index contributed by atoms with van der Waals surface area (Å²) >= 11 is 0. The van der Waals surface area contributed by atoms with Crippen molar-refractivity contribution in [2.75, 3.05) is 5.32 Å². The molecular weight excluding hydrogens is 408 g/mol. The Kier molecular flexibility index (Phi) is 7.17. The van der Waals surface area contributed by atoms with Gasteiger partial charge < -0.3 is 10.2 Å². The summed E-state index contributed by atoms with van der Waals surface area (Å²) in [4.78, 5) is 15.7. The maximum Gasteiger partial charge on any atom is 0.322 e. The monoisotopic (exact) mass is 444 g/mol. The van der Waals surface area contributed by atoms with Crippen LogP contribution in [0.4, 0.5) is 10.5 Å². The van der Waals surface area contributed by atoms with Crippen molar-refractivity contribution in [1.29, 1.82) is 0 Å². The van der Waals surface area contributed by atoms with Gasteiger partial charge in [-0.05, 0) is 62.8 Å². The summed E-state index contributed by atoms with van der Waals surface area (Å²) in [6, 6.07) is 13.1. The zero-order valence-electron chi connectivity index (χ0n) is 20.4. The van der Waals surface area contributed by atoms with E-state index in [4.69, 9.17) is 0 Å². The Labute approximate surface area is 197 Å². The number of carbonyl (C=O) groups is 1. The largest absolute Gasteiger partial charge is 0.322 e. The molecule has 0 atom stereocenters. The maximum absolute atomic E-state index is 13.6. The number of aryl methyl sites for hydroxylation is 4. The first kappa shape index (κ1) is 23.1. The van der Waals surface area contributed by atoms with Crippen molar-refractivity contribution in [2.45, 2.75) is 78.8 Å². The van der Waals surface area contributed by atoms with Crippen LogP contribution >= 0.6 is 0 Å². The van der Waals surface area contributed by atoms with Crippen LogP contribution in [-0.2, 0) is 6.54 Å². The number of nitrogens with one attached hydrogen (secondary N) is 2. The lowest BCUT2D eigenvalue weighted by Crippen LogP contribution is -2.42. The van der Waals surface area contributed by atoms with Crippen LogP contribution in [0.5, 0.6) is 0 Å². The standard InChI is InChI=1S/C28H36N4O/c1-19-15-20(2)27(21(3)16-19)30-28(33)32(25-9-7-5-6-8-10-25)18-23-11-13-24(14-12-23)26-17-29-31-22(26)4/h11-17,25H,5-10,18H2,1-4H3,(H,29,31)(H,30,33). The predicted molar refractivity (Wildman–Crippen MR) is 135 cm³/mol. The third-order valence-electron chi connectivity index (χ3n) is 6.88. The van der Waals surface area contributed by atoms with E-state index in [0.29, 0.717) is 6.54 Å². The highest BCUT2D eigenvalue weighted by atomic mass is 16.2. The number of amides is 2. The number of H-pyrrole nitrogens is 1. The number of anilines is 1. The van der Waals surface area contributed by atoms with Gasteiger partial charge in [0.25, 0.3) is 0 Å². The van der Waals surface area contributed by atoms with Gasteiger partial charge in [-0.2, -0.15) is 5.10 Å². The van der Waals surface area contributed by atoms with Crippen LogP contribution in [-0.4, -0.2) is 27.2 Å². The molecule has 1 fully saturated rings. The maximum atomic E-state index is 13.6. The first-order valence-electron chi connectivity index (χ1n) is 12.2. The van der Waals surface area contributed by atoms with Gasteiger partial charge in [0, 0.05) is 30.0 Å². The lowest BCUT2D eigenvalue weighted by atomic mass is 10.0. The second-order valence-corrected chi connectivity index (χ2v) is 9.56. The van der Waals surface area contributed by atoms with E-state index < -0.39 is 0 Å². The van der Waals surface area contributed by atoms with Crippen LogP contribution in [0.15, 0.2) is 42.6 Å². The van der Waals surface area contributed by atoms with E-state index in [1.54, 1.807) is 0 Å². The number of hydrogen-bond donors (Lipinski definition) is 2. The van der Waals surface area contributed by atoms with Crippen LogP contribution in [0, 0.1) is 27.7 Å². The molecule has 1 aromatic heterocycles. The lowest BCUT2D eigenvalue weighted by Gasteiger charge is -2.32. The van der Waals surface area contributed by atoms with E-state index in [1.807, 2.05) is 13.1 Å². The first-order valence-corrected chi connectivity index (χ1v) is 12.2. The van der Waals surface area contributed by atoms with E-state index in [-0.39, 0.29) is 12.1 Å². The average Bonchev–Trinajstić information content (AvgIpc) is 3.04. The van der Waals surface area contributed by atoms with Crippen LogP contribution in [0.2, 0.25) is 0 Å². The zero-order valence-corrected chi connectivity index (χ0v) is 20.4. The van der Waals surface area contributed by atoms with Gasteiger partial charge in [0.1, 0.15) is 0 Å². The van der Waals surface area contributed by atoms with E-state index in [1.165, 1.54) is 31.2 Å². The fraction of sp³-hybridized carbons (Fsp3) is 0.429. The zero-order chi connectivity index (χ0) is 23.4. The molecule has 2 amide bonds. The Morgan fingerprint density at radius 2 is 1.64 bits per heavy atom. The molecule has 5 nitrogen and oxygen atoms in total. The van der Waals surface area contributed by atoms with Gasteiger partial charge in [0.2, 0.25) is 0 Å². The van der Waals surface area contributed by atoms with E-state index >= 15 is 0 Å². The van der Waals surface area contributed by atoms with E-state index in [2.05, 4.69) is 77.6 Å². The van der Waals surface area contributed by atoms with E-state index in [0.717, 1.165) is 52.0 Å². The first-order chi connectivity index (χ1) is 15.9. The minimum Gasteiger partial charge on any atom is -0.317 e. The Bertz CT molecular complexity index is 1070. The quantitative estimate of drug-likeness (QED) is 0.414. The molecule has 33 heavy (non-hydrogen) atoms. The Morgan fingerprint density at radius 1 is 1.00 bits per heavy atom. The molecule has 4 rings (SSSR count). The Balaban J connectivity index is 1.57. The topological polar surface area (TPSA) is 61.0 Å². The van der Waals surface area contributed by atoms with Gasteiger partial charge in [-0.3, -0.25) is 5.10 Å². The number of urea groups is 1. The number of nitrogens with zero attached hydrogens (tertiary/aromatic N) is 2. The number of aromatic nitrogens is 2. The molecule has 1 heterocycles. The summed E-state index contributed by atoms with van der Waals surface area (Å²) in [5, 5.41) is 10.4. The Morgan fingerprint density at radius 3 is 2.21 bits per heavy atom. The highest BCUT2D eigenvalue weighted by molar-refractivity contribution is 5.91.